The van der Waals surface area contributed by atoms with Crippen LogP contribution in [0.5, 0.6) is 0 Å². The number of likely N-dealkylation sites (N-methyl/N-ethyl adjacent to an activating group) is 1. The quantitative estimate of drug-likeness (QED) is 0.852. The minimum absolute atomic E-state index is 0.177. The number of halogens is 1. The Balaban J connectivity index is 2.09. The molecule has 2 rings (SSSR count). The Kier molecular flexibility index (Phi) is 5.84. The van der Waals surface area contributed by atoms with Crippen LogP contribution in [0.15, 0.2) is 24.3 Å². The van der Waals surface area contributed by atoms with Gasteiger partial charge in [0.1, 0.15) is 6.04 Å². The van der Waals surface area contributed by atoms with E-state index in [2.05, 4.69) is 18.7 Å². The highest BCUT2D eigenvalue weighted by atomic mass is 35.5. The zero-order valence-corrected chi connectivity index (χ0v) is 14.7. The first-order chi connectivity index (χ1) is 10.4. The number of benzene rings is 1. The van der Waals surface area contributed by atoms with Gasteiger partial charge in [0, 0.05) is 37.2 Å². The first-order valence-corrected chi connectivity index (χ1v) is 8.22. The van der Waals surface area contributed by atoms with Crippen molar-refractivity contribution < 1.29 is 4.79 Å². The van der Waals surface area contributed by atoms with E-state index in [0.29, 0.717) is 11.1 Å². The van der Waals surface area contributed by atoms with Gasteiger partial charge in [-0.2, -0.15) is 0 Å². The molecule has 1 saturated heterocycles. The van der Waals surface area contributed by atoms with Crippen LogP contribution in [0, 0.1) is 0 Å². The van der Waals surface area contributed by atoms with Gasteiger partial charge in [-0.25, -0.2) is 0 Å². The van der Waals surface area contributed by atoms with Crippen molar-refractivity contribution in [3.63, 3.8) is 0 Å². The molecule has 5 heteroatoms. The van der Waals surface area contributed by atoms with Crippen molar-refractivity contribution in [1.82, 2.24) is 14.7 Å². The third-order valence-corrected chi connectivity index (χ3v) is 4.54. The monoisotopic (exact) mass is 323 g/mol. The molecule has 122 valence electrons. The number of rotatable bonds is 4. The van der Waals surface area contributed by atoms with E-state index in [0.717, 1.165) is 31.7 Å². The molecule has 1 atom stereocenters. The van der Waals surface area contributed by atoms with Gasteiger partial charge in [0.15, 0.2) is 0 Å². The van der Waals surface area contributed by atoms with Crippen LogP contribution in [0.1, 0.15) is 25.5 Å². The van der Waals surface area contributed by atoms with Crippen molar-refractivity contribution in [3.05, 3.63) is 34.9 Å². The summed E-state index contributed by atoms with van der Waals surface area (Å²) >= 11 is 5.96. The second kappa shape index (κ2) is 7.44. The van der Waals surface area contributed by atoms with Crippen LogP contribution < -0.4 is 0 Å². The average Bonchev–Trinajstić information content (AvgIpc) is 2.49. The van der Waals surface area contributed by atoms with Gasteiger partial charge < -0.3 is 4.90 Å². The summed E-state index contributed by atoms with van der Waals surface area (Å²) in [6.45, 7) is 7.90. The second-order valence-corrected chi connectivity index (χ2v) is 6.81. The molecule has 1 heterocycles. The van der Waals surface area contributed by atoms with Crippen LogP contribution in [0.2, 0.25) is 5.02 Å². The first-order valence-electron chi connectivity index (χ1n) is 7.85. The maximum atomic E-state index is 12.9. The molecule has 1 aromatic carbocycles. The molecule has 0 radical (unpaired) electrons. The van der Waals surface area contributed by atoms with Crippen LogP contribution in [0.4, 0.5) is 0 Å². The molecule has 1 aromatic rings. The van der Waals surface area contributed by atoms with Gasteiger partial charge in [0.2, 0.25) is 5.91 Å². The molecule has 0 aromatic heterocycles. The van der Waals surface area contributed by atoms with Crippen molar-refractivity contribution in [2.75, 3.05) is 40.3 Å². The molecule has 0 saturated carbocycles. The maximum absolute atomic E-state index is 12.9. The van der Waals surface area contributed by atoms with Crippen molar-refractivity contribution >= 4 is 17.5 Å². The van der Waals surface area contributed by atoms with Crippen LogP contribution >= 0.6 is 11.6 Å². The highest BCUT2D eigenvalue weighted by Crippen LogP contribution is 2.23. The molecule has 0 bridgehead atoms. The standard InChI is InChI=1S/C17H26ClN3O/c1-13(2)20-9-11-21(12-10-20)17(22)16(19(3)4)14-5-7-15(18)8-6-14/h5-8,13,16H,9-12H2,1-4H3. The van der Waals surface area contributed by atoms with E-state index < -0.39 is 0 Å². The summed E-state index contributed by atoms with van der Waals surface area (Å²) in [5, 5.41) is 0.694. The Hall–Kier alpha value is -1.10. The Morgan fingerprint density at radius 3 is 2.09 bits per heavy atom. The normalized spacial score (nSPS) is 18.0. The first kappa shape index (κ1) is 17.3. The molecule has 0 N–H and O–H groups in total. The zero-order valence-electron chi connectivity index (χ0n) is 13.9. The van der Waals surface area contributed by atoms with E-state index in [1.54, 1.807) is 0 Å². The molecule has 1 aliphatic rings. The second-order valence-electron chi connectivity index (χ2n) is 6.37. The van der Waals surface area contributed by atoms with E-state index in [4.69, 9.17) is 11.6 Å². The van der Waals surface area contributed by atoms with Crippen LogP contribution in [-0.2, 0) is 4.79 Å². The summed E-state index contributed by atoms with van der Waals surface area (Å²) in [6.07, 6.45) is 0. The predicted molar refractivity (Wildman–Crippen MR) is 91.2 cm³/mol. The average molecular weight is 324 g/mol. The highest BCUT2D eigenvalue weighted by molar-refractivity contribution is 6.30. The molecule has 0 spiro atoms. The minimum atomic E-state index is -0.247. The van der Waals surface area contributed by atoms with E-state index in [1.807, 2.05) is 48.2 Å². The number of carbonyl (C=O) groups is 1. The highest BCUT2D eigenvalue weighted by Gasteiger charge is 2.30. The van der Waals surface area contributed by atoms with E-state index in [9.17, 15) is 4.79 Å². The molecule has 4 nitrogen and oxygen atoms in total. The fourth-order valence-corrected chi connectivity index (χ4v) is 3.06. The minimum Gasteiger partial charge on any atom is -0.338 e. The van der Waals surface area contributed by atoms with E-state index in [1.165, 1.54) is 0 Å². The lowest BCUT2D eigenvalue weighted by atomic mass is 10.0. The molecule has 1 aliphatic heterocycles. The van der Waals surface area contributed by atoms with Gasteiger partial charge in [-0.1, -0.05) is 23.7 Å². The maximum Gasteiger partial charge on any atom is 0.244 e. The van der Waals surface area contributed by atoms with E-state index >= 15 is 0 Å². The number of amides is 1. The number of nitrogens with zero attached hydrogens (tertiary/aromatic N) is 3. The summed E-state index contributed by atoms with van der Waals surface area (Å²) in [6, 6.07) is 7.86. The van der Waals surface area contributed by atoms with Crippen LogP contribution in [0.25, 0.3) is 0 Å². The summed E-state index contributed by atoms with van der Waals surface area (Å²) in [5.74, 6) is 0.177. The fourth-order valence-electron chi connectivity index (χ4n) is 2.94. The molecule has 22 heavy (non-hydrogen) atoms. The summed E-state index contributed by atoms with van der Waals surface area (Å²) in [5.41, 5.74) is 0.991. The number of hydrogen-bond acceptors (Lipinski definition) is 3. The third kappa shape index (κ3) is 4.00. The number of hydrogen-bond donors (Lipinski definition) is 0. The Morgan fingerprint density at radius 1 is 1.09 bits per heavy atom. The van der Waals surface area contributed by atoms with Gasteiger partial charge in [0.25, 0.3) is 0 Å². The molecular weight excluding hydrogens is 298 g/mol. The molecule has 0 aliphatic carbocycles. The number of piperazine rings is 1. The smallest absolute Gasteiger partial charge is 0.244 e. The predicted octanol–water partition coefficient (Wildman–Crippen LogP) is 2.50. The Bertz CT molecular complexity index is 493. The summed E-state index contributed by atoms with van der Waals surface area (Å²) in [4.78, 5) is 19.3. The SMILES string of the molecule is CC(C)N1CCN(C(=O)C(c2ccc(Cl)cc2)N(C)C)CC1. The van der Waals surface area contributed by atoms with Gasteiger partial charge in [-0.3, -0.25) is 14.6 Å². The Labute approximate surface area is 138 Å². The van der Waals surface area contributed by atoms with Crippen LogP contribution in [-0.4, -0.2) is 66.9 Å². The lowest BCUT2D eigenvalue weighted by Crippen LogP contribution is -2.52. The van der Waals surface area contributed by atoms with Gasteiger partial charge in [-0.05, 0) is 45.6 Å². The molecule has 1 unspecified atom stereocenters. The largest absolute Gasteiger partial charge is 0.338 e. The summed E-state index contributed by atoms with van der Waals surface area (Å²) in [7, 11) is 3.89. The summed E-state index contributed by atoms with van der Waals surface area (Å²) < 4.78 is 0. The number of carbonyl (C=O) groups excluding carboxylic acids is 1. The van der Waals surface area contributed by atoms with Crippen molar-refractivity contribution in [1.29, 1.82) is 0 Å². The molecular formula is C17H26ClN3O. The van der Waals surface area contributed by atoms with Gasteiger partial charge in [-0.15, -0.1) is 0 Å². The molecule has 1 fully saturated rings. The van der Waals surface area contributed by atoms with Crippen molar-refractivity contribution in [2.24, 2.45) is 0 Å². The lowest BCUT2D eigenvalue weighted by molar-refractivity contribution is -0.138. The van der Waals surface area contributed by atoms with Crippen molar-refractivity contribution in [2.45, 2.75) is 25.9 Å². The van der Waals surface area contributed by atoms with Gasteiger partial charge >= 0.3 is 0 Å². The topological polar surface area (TPSA) is 26.8 Å². The molecule has 1 amide bonds. The zero-order chi connectivity index (χ0) is 16.3. The third-order valence-electron chi connectivity index (χ3n) is 4.29. The lowest BCUT2D eigenvalue weighted by Gasteiger charge is -2.39. The van der Waals surface area contributed by atoms with Crippen LogP contribution in [0.3, 0.4) is 0 Å². The Morgan fingerprint density at radius 2 is 1.64 bits per heavy atom. The van der Waals surface area contributed by atoms with E-state index in [-0.39, 0.29) is 11.9 Å². The van der Waals surface area contributed by atoms with Gasteiger partial charge in [0.05, 0.1) is 0 Å². The van der Waals surface area contributed by atoms with Crippen molar-refractivity contribution in [3.8, 4) is 0 Å². The fraction of sp³-hybridized carbons (Fsp3) is 0.588.